The van der Waals surface area contributed by atoms with Crippen LogP contribution in [0, 0.1) is 5.82 Å². The van der Waals surface area contributed by atoms with Crippen LogP contribution in [-0.2, 0) is 6.54 Å². The van der Waals surface area contributed by atoms with Crippen molar-refractivity contribution in [2.45, 2.75) is 6.54 Å². The van der Waals surface area contributed by atoms with Crippen LogP contribution in [0.4, 0.5) is 10.1 Å². The van der Waals surface area contributed by atoms with Crippen LogP contribution in [0.15, 0.2) is 59.5 Å². The van der Waals surface area contributed by atoms with Crippen LogP contribution in [0.2, 0.25) is 5.02 Å². The molecule has 8 heteroatoms. The number of nitrogens with zero attached hydrogens (tertiary/aromatic N) is 1. The van der Waals surface area contributed by atoms with Crippen molar-refractivity contribution >= 4 is 29.1 Å². The van der Waals surface area contributed by atoms with Crippen molar-refractivity contribution in [1.82, 2.24) is 10.3 Å². The summed E-state index contributed by atoms with van der Waals surface area (Å²) in [6.07, 6.45) is 4.18. The van der Waals surface area contributed by atoms with Gasteiger partial charge in [0, 0.05) is 18.1 Å². The molecule has 2 N–H and O–H groups in total. The lowest BCUT2D eigenvalue weighted by atomic mass is 10.1. The van der Waals surface area contributed by atoms with Gasteiger partial charge in [-0.15, -0.1) is 0 Å². The Balaban J connectivity index is 1.68. The molecule has 0 fully saturated rings. The minimum absolute atomic E-state index is 0.105. The highest BCUT2D eigenvalue weighted by atomic mass is 35.5. The molecule has 2 heterocycles. The van der Waals surface area contributed by atoms with Crippen LogP contribution < -0.4 is 10.6 Å². The van der Waals surface area contributed by atoms with Gasteiger partial charge < -0.3 is 15.1 Å². The summed E-state index contributed by atoms with van der Waals surface area (Å²) < 4.78 is 18.3. The molecule has 0 aliphatic rings. The number of furan rings is 1. The van der Waals surface area contributed by atoms with Gasteiger partial charge in [-0.3, -0.25) is 14.6 Å². The van der Waals surface area contributed by atoms with E-state index in [-0.39, 0.29) is 22.7 Å². The molecule has 0 saturated carbocycles. The van der Waals surface area contributed by atoms with E-state index in [0.717, 1.165) is 6.07 Å². The summed E-state index contributed by atoms with van der Waals surface area (Å²) in [5.41, 5.74) is 0.728. The third kappa shape index (κ3) is 4.25. The van der Waals surface area contributed by atoms with Gasteiger partial charge in [-0.1, -0.05) is 11.6 Å². The van der Waals surface area contributed by atoms with Gasteiger partial charge in [-0.2, -0.15) is 0 Å². The van der Waals surface area contributed by atoms with Crippen LogP contribution in [0.3, 0.4) is 0 Å². The molecule has 26 heavy (non-hydrogen) atoms. The SMILES string of the molecule is O=C(NCc1ccco1)c1cncc(C(=O)Nc2ccc(F)c(Cl)c2)c1. The van der Waals surface area contributed by atoms with Crippen LogP contribution in [0.25, 0.3) is 0 Å². The van der Waals surface area contributed by atoms with Crippen molar-refractivity contribution in [3.8, 4) is 0 Å². The van der Waals surface area contributed by atoms with Gasteiger partial charge >= 0.3 is 0 Å². The molecule has 0 aliphatic carbocycles. The van der Waals surface area contributed by atoms with E-state index in [9.17, 15) is 14.0 Å². The summed E-state index contributed by atoms with van der Waals surface area (Å²) in [5, 5.41) is 5.13. The molecule has 3 aromatic rings. The van der Waals surface area contributed by atoms with E-state index in [2.05, 4.69) is 15.6 Å². The largest absolute Gasteiger partial charge is 0.467 e. The Bertz CT molecular complexity index is 945. The third-order valence-electron chi connectivity index (χ3n) is 3.44. The number of rotatable bonds is 5. The molecule has 6 nitrogen and oxygen atoms in total. The predicted octanol–water partition coefficient (Wildman–Crippen LogP) is 3.65. The molecule has 3 rings (SSSR count). The number of hydrogen-bond donors (Lipinski definition) is 2. The molecular weight excluding hydrogens is 361 g/mol. The Labute approximate surface area is 153 Å². The van der Waals surface area contributed by atoms with E-state index in [4.69, 9.17) is 16.0 Å². The Morgan fingerprint density at radius 1 is 1.12 bits per heavy atom. The standard InChI is InChI=1S/C18H13ClFN3O3/c19-15-7-13(3-4-16(15)20)23-18(25)12-6-11(8-21-9-12)17(24)22-10-14-2-1-5-26-14/h1-9H,10H2,(H,22,24)(H,23,25). The lowest BCUT2D eigenvalue weighted by molar-refractivity contribution is 0.0947. The van der Waals surface area contributed by atoms with Gasteiger partial charge in [0.05, 0.1) is 29.0 Å². The average Bonchev–Trinajstić information content (AvgIpc) is 3.16. The summed E-state index contributed by atoms with van der Waals surface area (Å²) in [6.45, 7) is 0.219. The van der Waals surface area contributed by atoms with E-state index in [1.807, 2.05) is 0 Å². The zero-order valence-corrected chi connectivity index (χ0v) is 14.1. The first kappa shape index (κ1) is 17.6. The lowest BCUT2D eigenvalue weighted by Crippen LogP contribution is -2.23. The predicted molar refractivity (Wildman–Crippen MR) is 93.5 cm³/mol. The maximum Gasteiger partial charge on any atom is 0.257 e. The monoisotopic (exact) mass is 373 g/mol. The molecule has 132 valence electrons. The Hall–Kier alpha value is -3.19. The average molecular weight is 374 g/mol. The number of anilines is 1. The van der Waals surface area contributed by atoms with Crippen molar-refractivity contribution in [3.05, 3.63) is 82.8 Å². The second-order valence-electron chi connectivity index (χ2n) is 5.31. The summed E-state index contributed by atoms with van der Waals surface area (Å²) >= 11 is 5.69. The number of nitrogens with one attached hydrogen (secondary N) is 2. The zero-order valence-electron chi connectivity index (χ0n) is 13.3. The zero-order chi connectivity index (χ0) is 18.5. The van der Waals surface area contributed by atoms with Gasteiger partial charge in [-0.05, 0) is 36.4 Å². The third-order valence-corrected chi connectivity index (χ3v) is 3.73. The van der Waals surface area contributed by atoms with Crippen molar-refractivity contribution in [1.29, 1.82) is 0 Å². The fourth-order valence-electron chi connectivity index (χ4n) is 2.15. The van der Waals surface area contributed by atoms with Gasteiger partial charge in [0.15, 0.2) is 0 Å². The van der Waals surface area contributed by atoms with Crippen LogP contribution in [0.1, 0.15) is 26.5 Å². The van der Waals surface area contributed by atoms with E-state index in [1.54, 1.807) is 12.1 Å². The van der Waals surface area contributed by atoms with Crippen molar-refractivity contribution in [2.75, 3.05) is 5.32 Å². The van der Waals surface area contributed by atoms with Crippen molar-refractivity contribution in [3.63, 3.8) is 0 Å². The van der Waals surface area contributed by atoms with Crippen LogP contribution in [-0.4, -0.2) is 16.8 Å². The fourth-order valence-corrected chi connectivity index (χ4v) is 2.33. The molecule has 0 unspecified atom stereocenters. The van der Waals surface area contributed by atoms with Crippen LogP contribution >= 0.6 is 11.6 Å². The second-order valence-corrected chi connectivity index (χ2v) is 5.71. The molecule has 0 radical (unpaired) electrons. The highest BCUT2D eigenvalue weighted by Gasteiger charge is 2.12. The summed E-state index contributed by atoms with van der Waals surface area (Å²) in [4.78, 5) is 28.4. The number of hydrogen-bond acceptors (Lipinski definition) is 4. The van der Waals surface area contributed by atoms with Gasteiger partial charge in [0.1, 0.15) is 11.6 Å². The highest BCUT2D eigenvalue weighted by Crippen LogP contribution is 2.20. The molecule has 2 amide bonds. The smallest absolute Gasteiger partial charge is 0.257 e. The molecule has 0 atom stereocenters. The number of halogens is 2. The topological polar surface area (TPSA) is 84.2 Å². The molecule has 0 saturated heterocycles. The Morgan fingerprint density at radius 3 is 2.58 bits per heavy atom. The number of amides is 2. The minimum Gasteiger partial charge on any atom is -0.467 e. The normalized spacial score (nSPS) is 10.4. The lowest BCUT2D eigenvalue weighted by Gasteiger charge is -2.07. The van der Waals surface area contributed by atoms with E-state index in [1.165, 1.54) is 36.9 Å². The molecule has 0 aliphatic heterocycles. The molecule has 2 aromatic heterocycles. The fraction of sp³-hybridized carbons (Fsp3) is 0.0556. The minimum atomic E-state index is -0.582. The molecule has 1 aromatic carbocycles. The van der Waals surface area contributed by atoms with Gasteiger partial charge in [-0.25, -0.2) is 4.39 Å². The first-order chi connectivity index (χ1) is 12.5. The Kier molecular flexibility index (Phi) is 5.28. The van der Waals surface area contributed by atoms with E-state index < -0.39 is 17.6 Å². The number of pyridine rings is 1. The summed E-state index contributed by atoms with van der Waals surface area (Å²) in [7, 11) is 0. The van der Waals surface area contributed by atoms with E-state index >= 15 is 0 Å². The molecule has 0 spiro atoms. The van der Waals surface area contributed by atoms with Gasteiger partial charge in [0.2, 0.25) is 0 Å². The number of benzene rings is 1. The Morgan fingerprint density at radius 2 is 1.88 bits per heavy atom. The van der Waals surface area contributed by atoms with Gasteiger partial charge in [0.25, 0.3) is 11.8 Å². The molecular formula is C18H13ClFN3O3. The van der Waals surface area contributed by atoms with Crippen molar-refractivity contribution < 1.29 is 18.4 Å². The second kappa shape index (κ2) is 7.79. The van der Waals surface area contributed by atoms with Crippen molar-refractivity contribution in [2.24, 2.45) is 0 Å². The maximum atomic E-state index is 13.2. The highest BCUT2D eigenvalue weighted by molar-refractivity contribution is 6.31. The summed E-state index contributed by atoms with van der Waals surface area (Å²) in [6, 6.07) is 8.68. The number of carbonyl (C=O) groups excluding carboxylic acids is 2. The van der Waals surface area contributed by atoms with Crippen LogP contribution in [0.5, 0.6) is 0 Å². The number of aromatic nitrogens is 1. The maximum absolute atomic E-state index is 13.2. The van der Waals surface area contributed by atoms with E-state index in [0.29, 0.717) is 11.4 Å². The first-order valence-electron chi connectivity index (χ1n) is 7.55. The quantitative estimate of drug-likeness (QED) is 0.715. The first-order valence-corrected chi connectivity index (χ1v) is 7.93. The molecule has 0 bridgehead atoms. The number of carbonyl (C=O) groups is 2. The summed E-state index contributed by atoms with van der Waals surface area (Å²) in [5.74, 6) is -0.871.